The molecule has 1 saturated heterocycles. The van der Waals surface area contributed by atoms with E-state index in [1.165, 1.54) is 18.4 Å². The molecular weight excluding hydrogens is 294 g/mol. The van der Waals surface area contributed by atoms with E-state index < -0.39 is 0 Å². The van der Waals surface area contributed by atoms with Gasteiger partial charge in [0.05, 0.1) is 6.04 Å². The molecule has 122 valence electrons. The number of piperazine rings is 1. The fourth-order valence-electron chi connectivity index (χ4n) is 3.59. The molecule has 2 heterocycles. The first kappa shape index (κ1) is 16.0. The Labute approximate surface area is 137 Å². The van der Waals surface area contributed by atoms with Crippen molar-refractivity contribution in [2.24, 2.45) is 5.92 Å². The normalized spacial score (nSPS) is 22.8. The molecule has 0 bridgehead atoms. The van der Waals surface area contributed by atoms with Gasteiger partial charge in [0.2, 0.25) is 5.91 Å². The molecule has 4 nitrogen and oxygen atoms in total. The maximum atomic E-state index is 12.3. The minimum absolute atomic E-state index is 0.260. The van der Waals surface area contributed by atoms with Crippen molar-refractivity contribution < 1.29 is 4.79 Å². The second-order valence-corrected chi connectivity index (χ2v) is 7.42. The summed E-state index contributed by atoms with van der Waals surface area (Å²) in [5, 5.41) is 7.59. The van der Waals surface area contributed by atoms with Gasteiger partial charge in [-0.1, -0.05) is 12.8 Å². The van der Waals surface area contributed by atoms with E-state index in [9.17, 15) is 4.79 Å². The number of rotatable bonds is 5. The Hall–Kier alpha value is -0.910. The Bertz CT molecular complexity index is 462. The summed E-state index contributed by atoms with van der Waals surface area (Å²) in [6.45, 7) is 5.12. The van der Waals surface area contributed by atoms with Gasteiger partial charge in [-0.15, -0.1) is 0 Å². The molecule has 22 heavy (non-hydrogen) atoms. The summed E-state index contributed by atoms with van der Waals surface area (Å²) in [6.07, 6.45) is 4.57. The van der Waals surface area contributed by atoms with Crippen molar-refractivity contribution in [3.63, 3.8) is 0 Å². The summed E-state index contributed by atoms with van der Waals surface area (Å²) in [5.41, 5.74) is 1.35. The van der Waals surface area contributed by atoms with Crippen LogP contribution in [0.25, 0.3) is 0 Å². The Kier molecular flexibility index (Phi) is 5.50. The number of nitrogens with one attached hydrogen (secondary N) is 1. The van der Waals surface area contributed by atoms with Crippen LogP contribution in [0.4, 0.5) is 0 Å². The van der Waals surface area contributed by atoms with Gasteiger partial charge in [-0.2, -0.15) is 11.3 Å². The van der Waals surface area contributed by atoms with Crippen molar-refractivity contribution in [3.05, 3.63) is 22.4 Å². The Morgan fingerprint density at radius 2 is 2.05 bits per heavy atom. The van der Waals surface area contributed by atoms with Gasteiger partial charge >= 0.3 is 0 Å². The molecule has 0 aromatic carbocycles. The second kappa shape index (κ2) is 7.57. The second-order valence-electron chi connectivity index (χ2n) is 6.64. The van der Waals surface area contributed by atoms with Crippen LogP contribution in [0.1, 0.15) is 37.3 Å². The molecule has 3 rings (SSSR count). The first-order valence-electron chi connectivity index (χ1n) is 8.46. The number of hydrogen-bond donors (Lipinski definition) is 1. The quantitative estimate of drug-likeness (QED) is 0.904. The van der Waals surface area contributed by atoms with E-state index in [0.717, 1.165) is 45.6 Å². The summed E-state index contributed by atoms with van der Waals surface area (Å²) in [4.78, 5) is 17.2. The van der Waals surface area contributed by atoms with Crippen LogP contribution in [0.5, 0.6) is 0 Å². The number of amides is 1. The minimum atomic E-state index is 0.260. The molecule has 0 spiro atoms. The minimum Gasteiger partial charge on any atom is -0.354 e. The fourth-order valence-corrected chi connectivity index (χ4v) is 4.29. The highest BCUT2D eigenvalue weighted by molar-refractivity contribution is 7.07. The van der Waals surface area contributed by atoms with Gasteiger partial charge in [-0.25, -0.2) is 0 Å². The Balaban J connectivity index is 1.60. The van der Waals surface area contributed by atoms with Crippen molar-refractivity contribution in [1.29, 1.82) is 0 Å². The predicted molar refractivity (Wildman–Crippen MR) is 91.1 cm³/mol. The monoisotopic (exact) mass is 321 g/mol. The summed E-state index contributed by atoms with van der Waals surface area (Å²) >= 11 is 1.74. The molecule has 1 atom stereocenters. The number of carbonyl (C=O) groups is 1. The highest BCUT2D eigenvalue weighted by Gasteiger charge is 2.27. The van der Waals surface area contributed by atoms with Crippen molar-refractivity contribution in [2.75, 3.05) is 39.8 Å². The number of likely N-dealkylation sites (N-methyl/N-ethyl adjacent to an activating group) is 1. The molecule has 5 heteroatoms. The van der Waals surface area contributed by atoms with Crippen LogP contribution in [0.3, 0.4) is 0 Å². The third kappa shape index (κ3) is 3.89. The van der Waals surface area contributed by atoms with Crippen LogP contribution < -0.4 is 5.32 Å². The molecule has 0 unspecified atom stereocenters. The molecular formula is C17H27N3OS. The molecule has 1 aromatic rings. The Morgan fingerprint density at radius 1 is 1.32 bits per heavy atom. The van der Waals surface area contributed by atoms with E-state index in [1.54, 1.807) is 11.3 Å². The fraction of sp³-hybridized carbons (Fsp3) is 0.706. The standard InChI is InChI=1S/C17H27N3OS/c1-19-7-9-20(10-8-19)16(15-6-11-22-13-15)12-18-17(21)14-4-2-3-5-14/h6,11,13-14,16H,2-5,7-10,12H2,1H3,(H,18,21)/t16-/m0/s1. The molecule has 1 aliphatic heterocycles. The van der Waals surface area contributed by atoms with Gasteiger partial charge < -0.3 is 10.2 Å². The van der Waals surface area contributed by atoms with E-state index in [4.69, 9.17) is 0 Å². The molecule has 1 saturated carbocycles. The lowest BCUT2D eigenvalue weighted by Gasteiger charge is -2.38. The van der Waals surface area contributed by atoms with E-state index >= 15 is 0 Å². The number of carbonyl (C=O) groups excluding carboxylic acids is 1. The Morgan fingerprint density at radius 3 is 2.68 bits per heavy atom. The van der Waals surface area contributed by atoms with Crippen LogP contribution >= 0.6 is 11.3 Å². The average Bonchev–Trinajstić information content (AvgIpc) is 3.22. The summed E-state index contributed by atoms with van der Waals surface area (Å²) in [6, 6.07) is 2.53. The van der Waals surface area contributed by atoms with Crippen LogP contribution in [-0.2, 0) is 4.79 Å². The zero-order valence-corrected chi connectivity index (χ0v) is 14.3. The van der Waals surface area contributed by atoms with Crippen molar-refractivity contribution in [2.45, 2.75) is 31.7 Å². The third-order valence-corrected chi connectivity index (χ3v) is 5.80. The highest BCUT2D eigenvalue weighted by Crippen LogP contribution is 2.26. The van der Waals surface area contributed by atoms with Crippen LogP contribution in [-0.4, -0.2) is 55.5 Å². The molecule has 1 N–H and O–H groups in total. The summed E-state index contributed by atoms with van der Waals surface area (Å²) in [5.74, 6) is 0.530. The van der Waals surface area contributed by atoms with Gasteiger partial charge in [0, 0.05) is 38.6 Å². The van der Waals surface area contributed by atoms with E-state index in [1.807, 2.05) is 0 Å². The maximum absolute atomic E-state index is 12.3. The lowest BCUT2D eigenvalue weighted by atomic mass is 10.1. The molecule has 1 aromatic heterocycles. The van der Waals surface area contributed by atoms with Crippen molar-refractivity contribution in [3.8, 4) is 0 Å². The average molecular weight is 321 g/mol. The number of thiophene rings is 1. The molecule has 1 aliphatic carbocycles. The van der Waals surface area contributed by atoms with Crippen LogP contribution in [0.15, 0.2) is 16.8 Å². The van der Waals surface area contributed by atoms with Crippen LogP contribution in [0, 0.1) is 5.92 Å². The topological polar surface area (TPSA) is 35.6 Å². The lowest BCUT2D eigenvalue weighted by molar-refractivity contribution is -0.125. The lowest BCUT2D eigenvalue weighted by Crippen LogP contribution is -2.48. The number of hydrogen-bond acceptors (Lipinski definition) is 4. The highest BCUT2D eigenvalue weighted by atomic mass is 32.1. The van der Waals surface area contributed by atoms with Crippen LogP contribution in [0.2, 0.25) is 0 Å². The van der Waals surface area contributed by atoms with Crippen molar-refractivity contribution >= 4 is 17.2 Å². The third-order valence-electron chi connectivity index (χ3n) is 5.10. The maximum Gasteiger partial charge on any atom is 0.223 e. The van der Waals surface area contributed by atoms with E-state index in [2.05, 4.69) is 39.0 Å². The zero-order chi connectivity index (χ0) is 15.4. The van der Waals surface area contributed by atoms with Gasteiger partial charge in [0.1, 0.15) is 0 Å². The largest absolute Gasteiger partial charge is 0.354 e. The van der Waals surface area contributed by atoms with E-state index in [0.29, 0.717) is 6.04 Å². The predicted octanol–water partition coefficient (Wildman–Crippen LogP) is 2.34. The first-order valence-corrected chi connectivity index (χ1v) is 9.40. The molecule has 0 radical (unpaired) electrons. The molecule has 2 fully saturated rings. The molecule has 1 amide bonds. The van der Waals surface area contributed by atoms with Crippen molar-refractivity contribution in [1.82, 2.24) is 15.1 Å². The summed E-state index contributed by atoms with van der Waals surface area (Å²) < 4.78 is 0. The van der Waals surface area contributed by atoms with Gasteiger partial charge in [0.25, 0.3) is 0 Å². The van der Waals surface area contributed by atoms with Gasteiger partial charge in [0.15, 0.2) is 0 Å². The summed E-state index contributed by atoms with van der Waals surface area (Å²) in [7, 11) is 2.18. The van der Waals surface area contributed by atoms with E-state index in [-0.39, 0.29) is 11.8 Å². The number of nitrogens with zero attached hydrogens (tertiary/aromatic N) is 2. The first-order chi connectivity index (χ1) is 10.7. The SMILES string of the molecule is CN1CCN([C@@H](CNC(=O)C2CCCC2)c2ccsc2)CC1. The zero-order valence-electron chi connectivity index (χ0n) is 13.5. The van der Waals surface area contributed by atoms with Gasteiger partial charge in [-0.3, -0.25) is 9.69 Å². The smallest absolute Gasteiger partial charge is 0.223 e. The molecule has 2 aliphatic rings. The van der Waals surface area contributed by atoms with Gasteiger partial charge in [-0.05, 0) is 42.3 Å².